The Hall–Kier alpha value is -1.56. The molecule has 0 amide bonds. The zero-order chi connectivity index (χ0) is 15.5. The van der Waals surface area contributed by atoms with Crippen LogP contribution in [0.5, 0.6) is 0 Å². The molecule has 0 aliphatic heterocycles. The van der Waals surface area contributed by atoms with Crippen LogP contribution in [-0.2, 0) is 10.0 Å². The molecule has 1 fully saturated rings. The maximum absolute atomic E-state index is 12.5. The SMILES string of the molecule is Cc1ccc(S(=O)(=O)N[C@]2(C)CCCC[C@@H]2N=[N+]=[N-])cc1. The molecule has 1 aliphatic rings. The van der Waals surface area contributed by atoms with Crippen molar-refractivity contribution in [2.75, 3.05) is 0 Å². The van der Waals surface area contributed by atoms with Crippen molar-refractivity contribution >= 4 is 10.0 Å². The first-order valence-corrected chi connectivity index (χ1v) is 8.50. The van der Waals surface area contributed by atoms with Crippen molar-refractivity contribution < 1.29 is 8.42 Å². The van der Waals surface area contributed by atoms with Crippen LogP contribution in [0.1, 0.15) is 38.2 Å². The lowest BCUT2D eigenvalue weighted by Gasteiger charge is -2.39. The fourth-order valence-corrected chi connectivity index (χ4v) is 4.23. The van der Waals surface area contributed by atoms with Gasteiger partial charge in [0.1, 0.15) is 0 Å². The molecule has 1 saturated carbocycles. The van der Waals surface area contributed by atoms with Crippen molar-refractivity contribution in [3.05, 3.63) is 40.3 Å². The smallest absolute Gasteiger partial charge is 0.207 e. The number of hydrogen-bond donors (Lipinski definition) is 1. The molecule has 0 unspecified atom stereocenters. The van der Waals surface area contributed by atoms with E-state index in [1.54, 1.807) is 24.3 Å². The number of aryl methyl sites for hydroxylation is 1. The molecule has 6 nitrogen and oxygen atoms in total. The third-order valence-electron chi connectivity index (χ3n) is 4.05. The van der Waals surface area contributed by atoms with Gasteiger partial charge in [-0.3, -0.25) is 0 Å². The van der Waals surface area contributed by atoms with Crippen LogP contribution in [0.15, 0.2) is 34.3 Å². The third kappa shape index (κ3) is 3.56. The minimum absolute atomic E-state index is 0.236. The maximum Gasteiger partial charge on any atom is 0.241 e. The van der Waals surface area contributed by atoms with Crippen molar-refractivity contribution in [2.45, 2.75) is 56.0 Å². The highest BCUT2D eigenvalue weighted by Gasteiger charge is 2.39. The Balaban J connectivity index is 2.29. The Bertz CT molecular complexity index is 650. The van der Waals surface area contributed by atoms with Gasteiger partial charge in [-0.15, -0.1) is 0 Å². The molecule has 1 aliphatic carbocycles. The summed E-state index contributed by atoms with van der Waals surface area (Å²) in [6.07, 6.45) is 3.24. The molecule has 0 aromatic heterocycles. The quantitative estimate of drug-likeness (QED) is 0.525. The van der Waals surface area contributed by atoms with Crippen molar-refractivity contribution in [1.29, 1.82) is 0 Å². The van der Waals surface area contributed by atoms with Gasteiger partial charge in [0.15, 0.2) is 0 Å². The average Bonchev–Trinajstić information content (AvgIpc) is 2.41. The van der Waals surface area contributed by atoms with E-state index in [-0.39, 0.29) is 10.9 Å². The summed E-state index contributed by atoms with van der Waals surface area (Å²) in [5.41, 5.74) is 8.95. The highest BCUT2D eigenvalue weighted by Crippen LogP contribution is 2.32. The number of hydrogen-bond acceptors (Lipinski definition) is 3. The topological polar surface area (TPSA) is 94.9 Å². The monoisotopic (exact) mass is 308 g/mol. The summed E-state index contributed by atoms with van der Waals surface area (Å²) in [7, 11) is -3.62. The average molecular weight is 308 g/mol. The van der Waals surface area contributed by atoms with Crippen molar-refractivity contribution in [3.8, 4) is 0 Å². The van der Waals surface area contributed by atoms with Gasteiger partial charge in [0.2, 0.25) is 10.0 Å². The normalized spacial score (nSPS) is 26.1. The zero-order valence-electron chi connectivity index (χ0n) is 12.3. The van der Waals surface area contributed by atoms with Gasteiger partial charge in [0, 0.05) is 10.5 Å². The van der Waals surface area contributed by atoms with Crippen LogP contribution in [0.25, 0.3) is 10.4 Å². The molecule has 2 rings (SSSR count). The van der Waals surface area contributed by atoms with Crippen LogP contribution in [0.3, 0.4) is 0 Å². The maximum atomic E-state index is 12.5. The van der Waals surface area contributed by atoms with E-state index in [1.165, 1.54) is 0 Å². The molecule has 114 valence electrons. The molecule has 1 aromatic rings. The van der Waals surface area contributed by atoms with E-state index in [2.05, 4.69) is 14.7 Å². The van der Waals surface area contributed by atoms with Crippen molar-refractivity contribution in [2.24, 2.45) is 5.11 Å². The van der Waals surface area contributed by atoms with Crippen LogP contribution in [0.2, 0.25) is 0 Å². The van der Waals surface area contributed by atoms with E-state index in [0.29, 0.717) is 12.8 Å². The van der Waals surface area contributed by atoms with E-state index >= 15 is 0 Å². The van der Waals surface area contributed by atoms with Gasteiger partial charge in [-0.1, -0.05) is 35.7 Å². The number of rotatable bonds is 4. The molecule has 1 N–H and O–H groups in total. The minimum Gasteiger partial charge on any atom is -0.207 e. The van der Waals surface area contributed by atoms with Gasteiger partial charge in [0.25, 0.3) is 0 Å². The van der Waals surface area contributed by atoms with Crippen LogP contribution < -0.4 is 4.72 Å². The third-order valence-corrected chi connectivity index (χ3v) is 5.68. The summed E-state index contributed by atoms with van der Waals surface area (Å²) >= 11 is 0. The van der Waals surface area contributed by atoms with Gasteiger partial charge in [-0.05, 0) is 44.4 Å². The molecule has 0 bridgehead atoms. The van der Waals surface area contributed by atoms with E-state index in [9.17, 15) is 8.42 Å². The zero-order valence-corrected chi connectivity index (χ0v) is 13.1. The largest absolute Gasteiger partial charge is 0.241 e. The lowest BCUT2D eigenvalue weighted by molar-refractivity contribution is 0.251. The number of nitrogens with one attached hydrogen (secondary N) is 1. The number of nitrogens with zero attached hydrogens (tertiary/aromatic N) is 3. The van der Waals surface area contributed by atoms with Crippen molar-refractivity contribution in [1.82, 2.24) is 4.72 Å². The molecule has 0 radical (unpaired) electrons. The van der Waals surface area contributed by atoms with Crippen LogP contribution in [0, 0.1) is 6.92 Å². The van der Waals surface area contributed by atoms with Gasteiger partial charge >= 0.3 is 0 Å². The summed E-state index contributed by atoms with van der Waals surface area (Å²) < 4.78 is 27.8. The summed E-state index contributed by atoms with van der Waals surface area (Å²) in [5.74, 6) is 0. The fraction of sp³-hybridized carbons (Fsp3) is 0.571. The molecular formula is C14H20N4O2S. The first kappa shape index (κ1) is 15.8. The molecule has 21 heavy (non-hydrogen) atoms. The fourth-order valence-electron chi connectivity index (χ4n) is 2.76. The van der Waals surface area contributed by atoms with Gasteiger partial charge in [-0.25, -0.2) is 13.1 Å². The van der Waals surface area contributed by atoms with E-state index in [0.717, 1.165) is 18.4 Å². The van der Waals surface area contributed by atoms with Crippen LogP contribution in [0.4, 0.5) is 0 Å². The first-order valence-electron chi connectivity index (χ1n) is 7.02. The lowest BCUT2D eigenvalue weighted by Crippen LogP contribution is -2.54. The Labute approximate surface area is 125 Å². The molecule has 0 saturated heterocycles. The number of sulfonamides is 1. The molecule has 0 spiro atoms. The Kier molecular flexibility index (Phi) is 4.56. The Morgan fingerprint density at radius 3 is 2.62 bits per heavy atom. The van der Waals surface area contributed by atoms with E-state index in [4.69, 9.17) is 5.53 Å². The number of benzene rings is 1. The molecule has 1 aromatic carbocycles. The minimum atomic E-state index is -3.62. The summed E-state index contributed by atoms with van der Waals surface area (Å²) in [6.45, 7) is 3.72. The van der Waals surface area contributed by atoms with Gasteiger partial charge in [-0.2, -0.15) is 0 Å². The van der Waals surface area contributed by atoms with Gasteiger partial charge in [0.05, 0.1) is 10.9 Å². The standard InChI is InChI=1S/C14H20N4O2S/c1-11-6-8-12(9-7-11)21(19,20)17-14(2)10-4-3-5-13(14)16-18-15/h6-9,13,17H,3-5,10H2,1-2H3/t13-,14+/m0/s1. The highest BCUT2D eigenvalue weighted by molar-refractivity contribution is 7.89. The van der Waals surface area contributed by atoms with Gasteiger partial charge < -0.3 is 0 Å². The second-order valence-electron chi connectivity index (χ2n) is 5.80. The summed E-state index contributed by atoms with van der Waals surface area (Å²) in [6, 6.07) is 6.36. The Morgan fingerprint density at radius 1 is 1.33 bits per heavy atom. The second kappa shape index (κ2) is 6.05. The predicted octanol–water partition coefficient (Wildman–Crippen LogP) is 3.28. The number of azide groups is 1. The first-order chi connectivity index (χ1) is 9.87. The van der Waals surface area contributed by atoms with E-state index < -0.39 is 15.6 Å². The second-order valence-corrected chi connectivity index (χ2v) is 7.48. The summed E-state index contributed by atoms with van der Waals surface area (Å²) in [4.78, 5) is 3.10. The highest BCUT2D eigenvalue weighted by atomic mass is 32.2. The molecule has 7 heteroatoms. The Morgan fingerprint density at radius 2 is 2.00 bits per heavy atom. The van der Waals surface area contributed by atoms with Crippen molar-refractivity contribution in [3.63, 3.8) is 0 Å². The lowest BCUT2D eigenvalue weighted by atomic mass is 9.80. The van der Waals surface area contributed by atoms with Crippen LogP contribution >= 0.6 is 0 Å². The molecule has 2 atom stereocenters. The van der Waals surface area contributed by atoms with Crippen LogP contribution in [-0.4, -0.2) is 20.0 Å². The molecular weight excluding hydrogens is 288 g/mol. The van der Waals surface area contributed by atoms with E-state index in [1.807, 2.05) is 13.8 Å². The summed E-state index contributed by atoms with van der Waals surface area (Å²) in [5, 5.41) is 3.78. The molecule has 0 heterocycles. The predicted molar refractivity (Wildman–Crippen MR) is 81.3 cm³/mol.